The molecule has 1 aromatic carbocycles. The molecule has 0 bridgehead atoms. The normalized spacial score (nSPS) is 11.2. The number of hydrogen-bond donors (Lipinski definition) is 2. The van der Waals surface area contributed by atoms with Crippen LogP contribution in [0.1, 0.15) is 34.8 Å². The quantitative estimate of drug-likeness (QED) is 0.739. The smallest absolute Gasteiger partial charge is 0.150 e. The monoisotopic (exact) mass is 262 g/mol. The van der Waals surface area contributed by atoms with E-state index in [0.717, 1.165) is 36.0 Å². The lowest BCUT2D eigenvalue weighted by Gasteiger charge is -2.14. The first-order valence-electron chi connectivity index (χ1n) is 6.45. The van der Waals surface area contributed by atoms with Crippen molar-refractivity contribution < 1.29 is 9.53 Å². The second-order valence-electron chi connectivity index (χ2n) is 4.47. The maximum Gasteiger partial charge on any atom is 0.150 e. The maximum atomic E-state index is 11.0. The van der Waals surface area contributed by atoms with Crippen LogP contribution in [0, 0.1) is 6.92 Å². The van der Waals surface area contributed by atoms with E-state index in [2.05, 4.69) is 12.2 Å². The van der Waals surface area contributed by atoms with Gasteiger partial charge in [0.25, 0.3) is 0 Å². The highest BCUT2D eigenvalue weighted by molar-refractivity contribution is 5.76. The number of benzene rings is 1. The van der Waals surface area contributed by atoms with Crippen LogP contribution in [0.15, 0.2) is 24.0 Å². The Morgan fingerprint density at radius 3 is 2.79 bits per heavy atom. The molecule has 0 aliphatic heterocycles. The van der Waals surface area contributed by atoms with Crippen LogP contribution < -0.4 is 15.8 Å². The molecule has 19 heavy (non-hydrogen) atoms. The molecule has 0 fully saturated rings. The van der Waals surface area contributed by atoms with E-state index in [1.165, 1.54) is 0 Å². The zero-order chi connectivity index (χ0) is 14.3. The Bertz CT molecular complexity index is 467. The van der Waals surface area contributed by atoms with Crippen LogP contribution in [-0.4, -0.2) is 19.9 Å². The van der Waals surface area contributed by atoms with E-state index in [1.54, 1.807) is 19.3 Å². The lowest BCUT2D eigenvalue weighted by atomic mass is 10.0. The highest BCUT2D eigenvalue weighted by Gasteiger charge is 2.08. The maximum absolute atomic E-state index is 11.0. The van der Waals surface area contributed by atoms with Gasteiger partial charge in [-0.25, -0.2) is 0 Å². The number of carbonyl (C=O) groups is 1. The second-order valence-corrected chi connectivity index (χ2v) is 4.47. The molecule has 1 aromatic rings. The largest absolute Gasteiger partial charge is 0.487 e. The van der Waals surface area contributed by atoms with Gasteiger partial charge in [0.2, 0.25) is 0 Å². The molecule has 0 spiro atoms. The zero-order valence-corrected chi connectivity index (χ0v) is 11.8. The minimum atomic E-state index is 0.301. The number of aryl methyl sites for hydroxylation is 1. The summed E-state index contributed by atoms with van der Waals surface area (Å²) < 4.78 is 5.69. The van der Waals surface area contributed by atoms with Crippen molar-refractivity contribution in [1.82, 2.24) is 5.32 Å². The SMILES string of the molecule is CCCc1cc(C=O)cc(OC/C(N)=C/NC)c1C. The summed E-state index contributed by atoms with van der Waals surface area (Å²) in [6.45, 7) is 4.42. The van der Waals surface area contributed by atoms with E-state index in [1.807, 2.05) is 13.0 Å². The number of carbonyl (C=O) groups excluding carboxylic acids is 1. The van der Waals surface area contributed by atoms with E-state index in [4.69, 9.17) is 10.5 Å². The molecule has 0 amide bonds. The van der Waals surface area contributed by atoms with E-state index in [0.29, 0.717) is 17.9 Å². The summed E-state index contributed by atoms with van der Waals surface area (Å²) in [5.74, 6) is 0.723. The van der Waals surface area contributed by atoms with Crippen molar-refractivity contribution in [3.63, 3.8) is 0 Å². The van der Waals surface area contributed by atoms with Crippen molar-refractivity contribution in [3.05, 3.63) is 40.7 Å². The Hall–Kier alpha value is -1.97. The van der Waals surface area contributed by atoms with Crippen LogP contribution in [-0.2, 0) is 6.42 Å². The summed E-state index contributed by atoms with van der Waals surface area (Å²) in [6, 6.07) is 3.68. The summed E-state index contributed by atoms with van der Waals surface area (Å²) in [7, 11) is 1.78. The van der Waals surface area contributed by atoms with Crippen molar-refractivity contribution >= 4 is 6.29 Å². The summed E-state index contributed by atoms with van der Waals surface area (Å²) in [6.07, 6.45) is 4.50. The van der Waals surface area contributed by atoms with Gasteiger partial charge < -0.3 is 15.8 Å². The molecular weight excluding hydrogens is 240 g/mol. The van der Waals surface area contributed by atoms with Gasteiger partial charge in [0.15, 0.2) is 0 Å². The van der Waals surface area contributed by atoms with Crippen molar-refractivity contribution in [2.45, 2.75) is 26.7 Å². The van der Waals surface area contributed by atoms with E-state index >= 15 is 0 Å². The molecule has 104 valence electrons. The highest BCUT2D eigenvalue weighted by Crippen LogP contribution is 2.25. The molecular formula is C15H22N2O2. The number of nitrogens with one attached hydrogen (secondary N) is 1. The van der Waals surface area contributed by atoms with E-state index in [-0.39, 0.29) is 0 Å². The van der Waals surface area contributed by atoms with Crippen LogP contribution in [0.3, 0.4) is 0 Å². The molecule has 0 aliphatic rings. The van der Waals surface area contributed by atoms with Crippen LogP contribution in [0.4, 0.5) is 0 Å². The van der Waals surface area contributed by atoms with Crippen LogP contribution in [0.2, 0.25) is 0 Å². The first kappa shape index (κ1) is 15.1. The first-order chi connectivity index (χ1) is 9.12. The lowest BCUT2D eigenvalue weighted by molar-refractivity contribution is 0.112. The van der Waals surface area contributed by atoms with E-state index < -0.39 is 0 Å². The second kappa shape index (κ2) is 7.46. The van der Waals surface area contributed by atoms with Crippen LogP contribution in [0.5, 0.6) is 5.75 Å². The van der Waals surface area contributed by atoms with Crippen molar-refractivity contribution in [1.29, 1.82) is 0 Å². The van der Waals surface area contributed by atoms with Gasteiger partial charge in [-0.2, -0.15) is 0 Å². The van der Waals surface area contributed by atoms with Crippen LogP contribution >= 0.6 is 0 Å². The molecule has 0 atom stereocenters. The number of ether oxygens (including phenoxy) is 1. The Labute approximate surface area is 114 Å². The molecule has 0 aromatic heterocycles. The summed E-state index contributed by atoms with van der Waals surface area (Å²) in [5.41, 5.74) is 9.22. The zero-order valence-electron chi connectivity index (χ0n) is 11.8. The summed E-state index contributed by atoms with van der Waals surface area (Å²) in [5, 5.41) is 2.85. The molecule has 3 N–H and O–H groups in total. The number of nitrogens with two attached hydrogens (primary N) is 1. The number of hydrogen-bond acceptors (Lipinski definition) is 4. The summed E-state index contributed by atoms with van der Waals surface area (Å²) >= 11 is 0. The standard InChI is InChI=1S/C15H22N2O2/c1-4-5-13-6-12(9-18)7-15(11(13)2)19-10-14(16)8-17-3/h6-9,17H,4-5,10,16H2,1-3H3/b14-8-. The van der Waals surface area contributed by atoms with Gasteiger partial charge in [-0.05, 0) is 36.6 Å². The number of rotatable bonds is 7. The Balaban J connectivity index is 2.95. The summed E-state index contributed by atoms with van der Waals surface area (Å²) in [4.78, 5) is 11.0. The number of aldehydes is 1. The predicted molar refractivity (Wildman–Crippen MR) is 77.4 cm³/mol. The Kier molecular flexibility index (Phi) is 5.93. The molecule has 0 saturated carbocycles. The average Bonchev–Trinajstić information content (AvgIpc) is 2.40. The van der Waals surface area contributed by atoms with Crippen molar-refractivity contribution in [2.75, 3.05) is 13.7 Å². The van der Waals surface area contributed by atoms with Gasteiger partial charge in [-0.15, -0.1) is 0 Å². The molecule has 0 heterocycles. The van der Waals surface area contributed by atoms with Crippen molar-refractivity contribution in [2.24, 2.45) is 5.73 Å². The topological polar surface area (TPSA) is 64.3 Å². The third-order valence-corrected chi connectivity index (χ3v) is 2.87. The molecule has 4 heteroatoms. The molecule has 1 rings (SSSR count). The lowest BCUT2D eigenvalue weighted by Crippen LogP contribution is -2.13. The van der Waals surface area contributed by atoms with Gasteiger partial charge in [0.05, 0.1) is 5.70 Å². The molecule has 0 aliphatic carbocycles. The van der Waals surface area contributed by atoms with Crippen LogP contribution in [0.25, 0.3) is 0 Å². The van der Waals surface area contributed by atoms with Gasteiger partial charge in [0.1, 0.15) is 18.6 Å². The van der Waals surface area contributed by atoms with Gasteiger partial charge in [0, 0.05) is 18.8 Å². The third-order valence-electron chi connectivity index (χ3n) is 2.87. The predicted octanol–water partition coefficient (Wildman–Crippen LogP) is 2.16. The van der Waals surface area contributed by atoms with Gasteiger partial charge in [-0.1, -0.05) is 13.3 Å². The Morgan fingerprint density at radius 1 is 1.47 bits per heavy atom. The fourth-order valence-electron chi connectivity index (χ4n) is 1.90. The minimum absolute atomic E-state index is 0.301. The first-order valence-corrected chi connectivity index (χ1v) is 6.45. The average molecular weight is 262 g/mol. The fraction of sp³-hybridized carbons (Fsp3) is 0.400. The molecule has 0 radical (unpaired) electrons. The fourth-order valence-corrected chi connectivity index (χ4v) is 1.90. The molecule has 0 unspecified atom stereocenters. The Morgan fingerprint density at radius 2 is 2.21 bits per heavy atom. The minimum Gasteiger partial charge on any atom is -0.487 e. The third kappa shape index (κ3) is 4.32. The van der Waals surface area contributed by atoms with Gasteiger partial charge >= 0.3 is 0 Å². The van der Waals surface area contributed by atoms with Gasteiger partial charge in [-0.3, -0.25) is 4.79 Å². The van der Waals surface area contributed by atoms with Crippen molar-refractivity contribution in [3.8, 4) is 5.75 Å². The van der Waals surface area contributed by atoms with E-state index in [9.17, 15) is 4.79 Å². The molecule has 0 saturated heterocycles. The molecule has 4 nitrogen and oxygen atoms in total. The highest BCUT2D eigenvalue weighted by atomic mass is 16.5.